The highest BCUT2D eigenvalue weighted by atomic mass is 14.5. The average Bonchev–Trinajstić information content (AvgIpc) is 2.98. The summed E-state index contributed by atoms with van der Waals surface area (Å²) >= 11 is 0. The second kappa shape index (κ2) is 9.15. The summed E-state index contributed by atoms with van der Waals surface area (Å²) in [5.41, 5.74) is 5.16. The lowest BCUT2D eigenvalue weighted by Gasteiger charge is -2.44. The Morgan fingerprint density at radius 2 is 1.96 bits per heavy atom. The zero-order valence-electron chi connectivity index (χ0n) is 18.5. The molecule has 0 bridgehead atoms. The SMILES string of the molecule is C=C1CC[CH]C/C1=C/C=C1\CCC[C@]2(C)[C@@H]([C@H](C)CCCC(C)C)CC[C@@H]12. The van der Waals surface area contributed by atoms with Gasteiger partial charge in [0.05, 0.1) is 0 Å². The predicted octanol–water partition coefficient (Wildman–Crippen LogP) is 8.46. The molecular weight excluding hydrogens is 324 g/mol. The van der Waals surface area contributed by atoms with Gasteiger partial charge in [-0.05, 0) is 92.4 Å². The van der Waals surface area contributed by atoms with Crippen molar-refractivity contribution in [3.8, 4) is 0 Å². The molecule has 4 atom stereocenters. The largest absolute Gasteiger partial charge is 0.0956 e. The molecule has 0 aromatic heterocycles. The maximum atomic E-state index is 4.30. The predicted molar refractivity (Wildman–Crippen MR) is 119 cm³/mol. The summed E-state index contributed by atoms with van der Waals surface area (Å²) in [6, 6.07) is 0. The van der Waals surface area contributed by atoms with Crippen molar-refractivity contribution in [1.82, 2.24) is 0 Å². The van der Waals surface area contributed by atoms with E-state index in [0.29, 0.717) is 5.41 Å². The average molecular weight is 368 g/mol. The zero-order chi connectivity index (χ0) is 19.4. The molecule has 0 heterocycles. The number of fused-ring (bicyclic) bond motifs is 1. The molecule has 0 N–H and O–H groups in total. The lowest BCUT2D eigenvalue weighted by atomic mass is 9.60. The molecule has 1 radical (unpaired) electrons. The first kappa shape index (κ1) is 20.9. The zero-order valence-corrected chi connectivity index (χ0v) is 18.5. The highest BCUT2D eigenvalue weighted by Gasteiger charge is 2.50. The highest BCUT2D eigenvalue weighted by Crippen LogP contribution is 2.59. The molecule has 0 aromatic rings. The fraction of sp³-hybridized carbons (Fsp3) is 0.741. The van der Waals surface area contributed by atoms with Crippen LogP contribution in [0.4, 0.5) is 0 Å². The smallest absolute Gasteiger partial charge is 0.0143 e. The molecule has 0 heteroatoms. The van der Waals surface area contributed by atoms with E-state index in [4.69, 9.17) is 0 Å². The Bertz CT molecular complexity index is 575. The Morgan fingerprint density at radius 3 is 2.70 bits per heavy atom. The van der Waals surface area contributed by atoms with Crippen LogP contribution in [-0.2, 0) is 0 Å². The topological polar surface area (TPSA) is 0 Å². The first-order valence-electron chi connectivity index (χ1n) is 11.8. The van der Waals surface area contributed by atoms with E-state index < -0.39 is 0 Å². The molecule has 151 valence electrons. The van der Waals surface area contributed by atoms with Gasteiger partial charge in [0.25, 0.3) is 0 Å². The van der Waals surface area contributed by atoms with Gasteiger partial charge in [0.15, 0.2) is 0 Å². The summed E-state index contributed by atoms with van der Waals surface area (Å²) in [5, 5.41) is 0. The van der Waals surface area contributed by atoms with E-state index in [2.05, 4.69) is 52.8 Å². The highest BCUT2D eigenvalue weighted by molar-refractivity contribution is 5.37. The summed E-state index contributed by atoms with van der Waals surface area (Å²) < 4.78 is 0. The van der Waals surface area contributed by atoms with Crippen molar-refractivity contribution in [3.63, 3.8) is 0 Å². The molecule has 0 saturated heterocycles. The molecule has 0 aliphatic heterocycles. The van der Waals surface area contributed by atoms with Crippen LogP contribution in [0.1, 0.15) is 98.3 Å². The quantitative estimate of drug-likeness (QED) is 0.441. The minimum absolute atomic E-state index is 0.551. The third-order valence-corrected chi connectivity index (χ3v) is 8.13. The van der Waals surface area contributed by atoms with Gasteiger partial charge < -0.3 is 0 Å². The van der Waals surface area contributed by atoms with E-state index in [1.165, 1.54) is 68.9 Å². The number of allylic oxidation sites excluding steroid dienone is 5. The van der Waals surface area contributed by atoms with Crippen molar-refractivity contribution < 1.29 is 0 Å². The molecule has 27 heavy (non-hydrogen) atoms. The van der Waals surface area contributed by atoms with Crippen molar-refractivity contribution in [3.05, 3.63) is 41.9 Å². The van der Waals surface area contributed by atoms with Crippen LogP contribution in [0.25, 0.3) is 0 Å². The molecule has 3 fully saturated rings. The van der Waals surface area contributed by atoms with Crippen LogP contribution in [0.15, 0.2) is 35.5 Å². The van der Waals surface area contributed by atoms with E-state index >= 15 is 0 Å². The third-order valence-electron chi connectivity index (χ3n) is 8.13. The van der Waals surface area contributed by atoms with Crippen molar-refractivity contribution in [2.24, 2.45) is 29.1 Å². The van der Waals surface area contributed by atoms with Crippen molar-refractivity contribution >= 4 is 0 Å². The van der Waals surface area contributed by atoms with Gasteiger partial charge >= 0.3 is 0 Å². The third kappa shape index (κ3) is 4.80. The van der Waals surface area contributed by atoms with Gasteiger partial charge in [0.2, 0.25) is 0 Å². The molecular formula is C27H43. The summed E-state index contributed by atoms with van der Waals surface area (Å²) in [4.78, 5) is 0. The molecule has 3 saturated carbocycles. The minimum Gasteiger partial charge on any atom is -0.0956 e. The Kier molecular flexibility index (Phi) is 7.09. The molecule has 0 unspecified atom stereocenters. The normalized spacial score (nSPS) is 35.8. The Morgan fingerprint density at radius 1 is 1.15 bits per heavy atom. The summed E-state index contributed by atoms with van der Waals surface area (Å²) in [6.45, 7) is 14.2. The van der Waals surface area contributed by atoms with Gasteiger partial charge in [-0.25, -0.2) is 0 Å². The summed E-state index contributed by atoms with van der Waals surface area (Å²) in [6.07, 6.45) is 22.2. The molecule has 0 aromatic carbocycles. The molecule has 3 aliphatic rings. The van der Waals surface area contributed by atoms with Gasteiger partial charge in [-0.15, -0.1) is 0 Å². The summed E-state index contributed by atoms with van der Waals surface area (Å²) in [7, 11) is 0. The first-order chi connectivity index (χ1) is 12.9. The fourth-order valence-electron chi connectivity index (χ4n) is 6.50. The van der Waals surface area contributed by atoms with E-state index in [-0.39, 0.29) is 0 Å². The lowest BCUT2D eigenvalue weighted by molar-refractivity contribution is 0.0929. The Labute approximate surface area is 169 Å². The van der Waals surface area contributed by atoms with Gasteiger partial charge in [0.1, 0.15) is 0 Å². The van der Waals surface area contributed by atoms with E-state index in [0.717, 1.165) is 36.5 Å². The van der Waals surface area contributed by atoms with Gasteiger partial charge in [-0.3, -0.25) is 0 Å². The van der Waals surface area contributed by atoms with Crippen molar-refractivity contribution in [2.45, 2.75) is 98.3 Å². The number of hydrogen-bond acceptors (Lipinski definition) is 0. The summed E-state index contributed by atoms with van der Waals surface area (Å²) in [5.74, 6) is 3.52. The van der Waals surface area contributed by atoms with Gasteiger partial charge in [-0.2, -0.15) is 0 Å². The van der Waals surface area contributed by atoms with Crippen LogP contribution < -0.4 is 0 Å². The van der Waals surface area contributed by atoms with E-state index in [9.17, 15) is 0 Å². The molecule has 3 rings (SSSR count). The van der Waals surface area contributed by atoms with Crippen LogP contribution in [0.5, 0.6) is 0 Å². The van der Waals surface area contributed by atoms with Gasteiger partial charge in [0, 0.05) is 0 Å². The van der Waals surface area contributed by atoms with E-state index in [1.54, 1.807) is 5.57 Å². The molecule has 0 spiro atoms. The van der Waals surface area contributed by atoms with Crippen LogP contribution in [0.2, 0.25) is 0 Å². The molecule has 3 aliphatic carbocycles. The fourth-order valence-corrected chi connectivity index (χ4v) is 6.50. The lowest BCUT2D eigenvalue weighted by Crippen LogP contribution is -2.36. The second-order valence-corrected chi connectivity index (χ2v) is 10.5. The first-order valence-corrected chi connectivity index (χ1v) is 11.8. The van der Waals surface area contributed by atoms with Crippen LogP contribution in [-0.4, -0.2) is 0 Å². The maximum absolute atomic E-state index is 4.30. The Hall–Kier alpha value is -0.780. The van der Waals surface area contributed by atoms with Gasteiger partial charge in [-0.1, -0.05) is 76.8 Å². The maximum Gasteiger partial charge on any atom is -0.0143 e. The monoisotopic (exact) mass is 367 g/mol. The van der Waals surface area contributed by atoms with E-state index in [1.807, 2.05) is 0 Å². The molecule has 0 amide bonds. The van der Waals surface area contributed by atoms with Crippen molar-refractivity contribution in [1.29, 1.82) is 0 Å². The molecule has 0 nitrogen and oxygen atoms in total. The standard InChI is InChI=1S/C27H43/c1-20(2)10-8-12-22(4)25-17-18-26-24(14-9-19-27(25,26)5)16-15-23-13-7-6-11-21(23)3/h7,15-16,20,22,25-26H,3,6,8-14,17-19H2,1-2,4-5H3/b23-15-,24-16+/t22-,25-,26+,27-/m1/s1. The number of rotatable bonds is 6. The number of hydrogen-bond donors (Lipinski definition) is 0. The van der Waals surface area contributed by atoms with Crippen LogP contribution in [0, 0.1) is 35.5 Å². The van der Waals surface area contributed by atoms with Crippen molar-refractivity contribution in [2.75, 3.05) is 0 Å². The second-order valence-electron chi connectivity index (χ2n) is 10.5. The minimum atomic E-state index is 0.551. The Balaban J connectivity index is 1.69. The van der Waals surface area contributed by atoms with Crippen LogP contribution >= 0.6 is 0 Å². The van der Waals surface area contributed by atoms with Crippen LogP contribution in [0.3, 0.4) is 0 Å².